The van der Waals surface area contributed by atoms with Crippen LogP contribution in [-0.4, -0.2) is 23.6 Å². The summed E-state index contributed by atoms with van der Waals surface area (Å²) >= 11 is 13.9. The van der Waals surface area contributed by atoms with E-state index < -0.39 is 11.9 Å². The molecule has 0 fully saturated rings. The lowest BCUT2D eigenvalue weighted by atomic mass is 10.1. The van der Waals surface area contributed by atoms with Crippen molar-refractivity contribution >= 4 is 51.4 Å². The van der Waals surface area contributed by atoms with Crippen molar-refractivity contribution in [1.82, 2.24) is 5.16 Å². The van der Waals surface area contributed by atoms with E-state index in [0.717, 1.165) is 10.4 Å². The van der Waals surface area contributed by atoms with Gasteiger partial charge in [0, 0.05) is 10.4 Å². The third-order valence-corrected chi connectivity index (χ3v) is 6.13. The van der Waals surface area contributed by atoms with Crippen molar-refractivity contribution in [2.75, 3.05) is 11.9 Å². The van der Waals surface area contributed by atoms with Gasteiger partial charge in [0.2, 0.25) is 0 Å². The van der Waals surface area contributed by atoms with Crippen molar-refractivity contribution in [1.29, 1.82) is 0 Å². The fourth-order valence-corrected chi connectivity index (χ4v) is 4.48. The number of hydrogen-bond acceptors (Lipinski definition) is 6. The predicted octanol–water partition coefficient (Wildman–Crippen LogP) is 6.06. The minimum absolute atomic E-state index is 0.193. The van der Waals surface area contributed by atoms with Gasteiger partial charge in [-0.2, -0.15) is 0 Å². The highest BCUT2D eigenvalue weighted by Crippen LogP contribution is 2.38. The number of nitrogens with zero attached hydrogens (tertiary/aromatic N) is 1. The topological polar surface area (TPSA) is 81.4 Å². The van der Waals surface area contributed by atoms with Gasteiger partial charge in [-0.3, -0.25) is 4.79 Å². The van der Waals surface area contributed by atoms with Crippen LogP contribution in [0.5, 0.6) is 0 Å². The number of carbonyl (C=O) groups is 2. The normalized spacial score (nSPS) is 10.8. The van der Waals surface area contributed by atoms with Crippen LogP contribution in [0.1, 0.15) is 43.8 Å². The number of aromatic nitrogens is 1. The third kappa shape index (κ3) is 4.03. The first kappa shape index (κ1) is 21.4. The third-order valence-electron chi connectivity index (χ3n) is 4.38. The Hall–Kier alpha value is -2.35. The van der Waals surface area contributed by atoms with Crippen LogP contribution in [0.2, 0.25) is 10.0 Å². The van der Waals surface area contributed by atoms with Crippen LogP contribution < -0.4 is 5.32 Å². The van der Waals surface area contributed by atoms with Gasteiger partial charge in [-0.1, -0.05) is 34.4 Å². The number of thiophene rings is 1. The molecule has 3 rings (SSSR count). The van der Waals surface area contributed by atoms with Gasteiger partial charge in [0.15, 0.2) is 0 Å². The molecule has 0 aliphatic rings. The van der Waals surface area contributed by atoms with Crippen LogP contribution in [0.4, 0.5) is 5.00 Å². The van der Waals surface area contributed by atoms with Crippen LogP contribution in [0.3, 0.4) is 0 Å². The molecule has 3 aromatic rings. The maximum atomic E-state index is 13.1. The van der Waals surface area contributed by atoms with E-state index in [9.17, 15) is 9.59 Å². The fourth-order valence-electron chi connectivity index (χ4n) is 2.86. The smallest absolute Gasteiger partial charge is 0.341 e. The van der Waals surface area contributed by atoms with Crippen molar-refractivity contribution in [3.63, 3.8) is 0 Å². The molecule has 2 heterocycles. The van der Waals surface area contributed by atoms with E-state index in [4.69, 9.17) is 32.5 Å². The molecular weight excluding hydrogens is 435 g/mol. The highest BCUT2D eigenvalue weighted by Gasteiger charge is 2.28. The fraction of sp³-hybridized carbons (Fsp3) is 0.250. The molecule has 152 valence electrons. The van der Waals surface area contributed by atoms with Crippen LogP contribution in [-0.2, 0) is 4.74 Å². The molecule has 0 aliphatic carbocycles. The lowest BCUT2D eigenvalue weighted by molar-refractivity contribution is 0.0527. The second kappa shape index (κ2) is 8.57. The number of hydrogen-bond donors (Lipinski definition) is 1. The minimum Gasteiger partial charge on any atom is -0.462 e. The number of carbonyl (C=O) groups excluding carboxylic acids is 2. The number of halogens is 2. The van der Waals surface area contributed by atoms with Crippen molar-refractivity contribution in [3.05, 3.63) is 55.6 Å². The lowest BCUT2D eigenvalue weighted by Crippen LogP contribution is -2.16. The van der Waals surface area contributed by atoms with Gasteiger partial charge in [-0.05, 0) is 45.4 Å². The number of anilines is 1. The van der Waals surface area contributed by atoms with Crippen LogP contribution in [0.15, 0.2) is 22.7 Å². The van der Waals surface area contributed by atoms with Crippen molar-refractivity contribution < 1.29 is 18.8 Å². The minimum atomic E-state index is -0.485. The summed E-state index contributed by atoms with van der Waals surface area (Å²) in [6.45, 7) is 7.27. The van der Waals surface area contributed by atoms with Gasteiger partial charge in [0.25, 0.3) is 5.91 Å². The second-order valence-electron chi connectivity index (χ2n) is 6.22. The summed E-state index contributed by atoms with van der Waals surface area (Å²) in [7, 11) is 0. The summed E-state index contributed by atoms with van der Waals surface area (Å²) in [5.74, 6) is -0.668. The summed E-state index contributed by atoms with van der Waals surface area (Å²) in [5.41, 5.74) is 1.94. The van der Waals surface area contributed by atoms with Gasteiger partial charge in [-0.25, -0.2) is 4.79 Å². The molecule has 1 amide bonds. The van der Waals surface area contributed by atoms with Gasteiger partial charge >= 0.3 is 5.97 Å². The van der Waals surface area contributed by atoms with E-state index in [2.05, 4.69) is 10.5 Å². The molecule has 0 unspecified atom stereocenters. The molecule has 0 saturated heterocycles. The molecule has 0 bridgehead atoms. The zero-order valence-corrected chi connectivity index (χ0v) is 18.5. The standard InChI is InChI=1S/C20H18Cl2N2O4S/c1-5-27-20(26)14-9(2)11(4)29-19(14)23-18(25)15-10(3)28-24-17(15)16-12(21)7-6-8-13(16)22/h6-8H,5H2,1-4H3,(H,23,25). The van der Waals surface area contributed by atoms with Crippen molar-refractivity contribution in [3.8, 4) is 11.3 Å². The molecule has 9 heteroatoms. The van der Waals surface area contributed by atoms with Crippen molar-refractivity contribution in [2.45, 2.75) is 27.7 Å². The summed E-state index contributed by atoms with van der Waals surface area (Å²) in [6, 6.07) is 5.00. The number of esters is 1. The number of rotatable bonds is 5. The Labute approximate surface area is 181 Å². The van der Waals surface area contributed by atoms with E-state index in [-0.39, 0.29) is 17.9 Å². The largest absolute Gasteiger partial charge is 0.462 e. The molecule has 29 heavy (non-hydrogen) atoms. The summed E-state index contributed by atoms with van der Waals surface area (Å²) < 4.78 is 10.4. The van der Waals surface area contributed by atoms with E-state index in [0.29, 0.717) is 31.9 Å². The van der Waals surface area contributed by atoms with Gasteiger partial charge in [0.05, 0.1) is 22.2 Å². The van der Waals surface area contributed by atoms with E-state index >= 15 is 0 Å². The zero-order valence-electron chi connectivity index (χ0n) is 16.2. The Morgan fingerprint density at radius 1 is 1.17 bits per heavy atom. The highest BCUT2D eigenvalue weighted by atomic mass is 35.5. The second-order valence-corrected chi connectivity index (χ2v) is 8.26. The summed E-state index contributed by atoms with van der Waals surface area (Å²) in [4.78, 5) is 26.4. The Balaban J connectivity index is 2.04. The molecule has 6 nitrogen and oxygen atoms in total. The first-order chi connectivity index (χ1) is 13.8. The van der Waals surface area contributed by atoms with Gasteiger partial charge < -0.3 is 14.6 Å². The van der Waals surface area contributed by atoms with E-state index in [1.165, 1.54) is 11.3 Å². The van der Waals surface area contributed by atoms with E-state index in [1.54, 1.807) is 32.0 Å². The Morgan fingerprint density at radius 3 is 2.45 bits per heavy atom. The Kier molecular flexibility index (Phi) is 6.31. The highest BCUT2D eigenvalue weighted by molar-refractivity contribution is 7.16. The lowest BCUT2D eigenvalue weighted by Gasteiger charge is -2.09. The molecule has 2 aromatic heterocycles. The number of aryl methyl sites for hydroxylation is 2. The molecule has 0 aliphatic heterocycles. The molecule has 1 aromatic carbocycles. The Morgan fingerprint density at radius 2 is 1.83 bits per heavy atom. The summed E-state index contributed by atoms with van der Waals surface area (Å²) in [6.07, 6.45) is 0. The summed E-state index contributed by atoms with van der Waals surface area (Å²) in [5, 5.41) is 7.87. The van der Waals surface area contributed by atoms with E-state index in [1.807, 2.05) is 13.8 Å². The number of amides is 1. The SMILES string of the molecule is CCOC(=O)c1c(NC(=O)c2c(-c3c(Cl)cccc3Cl)noc2C)sc(C)c1C. The monoisotopic (exact) mass is 452 g/mol. The first-order valence-electron chi connectivity index (χ1n) is 8.75. The molecule has 0 saturated carbocycles. The zero-order chi connectivity index (χ0) is 21.3. The molecular formula is C20H18Cl2N2O4S. The molecule has 0 spiro atoms. The predicted molar refractivity (Wildman–Crippen MR) is 114 cm³/mol. The molecule has 0 radical (unpaired) electrons. The maximum absolute atomic E-state index is 13.1. The number of ether oxygens (including phenoxy) is 1. The number of nitrogens with one attached hydrogen (secondary N) is 1. The van der Waals surface area contributed by atoms with Gasteiger partial charge in [-0.15, -0.1) is 11.3 Å². The number of benzene rings is 1. The Bertz CT molecular complexity index is 1080. The van der Waals surface area contributed by atoms with Gasteiger partial charge in [0.1, 0.15) is 22.0 Å². The maximum Gasteiger partial charge on any atom is 0.341 e. The first-order valence-corrected chi connectivity index (χ1v) is 10.3. The van der Waals surface area contributed by atoms with Crippen molar-refractivity contribution in [2.24, 2.45) is 0 Å². The quantitative estimate of drug-likeness (QED) is 0.475. The molecule has 1 N–H and O–H groups in total. The van der Waals surface area contributed by atoms with Crippen LogP contribution in [0.25, 0.3) is 11.3 Å². The average molecular weight is 453 g/mol. The van der Waals surface area contributed by atoms with Crippen LogP contribution >= 0.6 is 34.5 Å². The molecule has 0 atom stereocenters. The van der Waals surface area contributed by atoms with Crippen LogP contribution in [0, 0.1) is 20.8 Å². The average Bonchev–Trinajstić information content (AvgIpc) is 3.15.